The molecule has 2 aromatic heterocycles. The third-order valence-corrected chi connectivity index (χ3v) is 2.33. The van der Waals surface area contributed by atoms with Gasteiger partial charge in [0, 0.05) is 5.38 Å². The van der Waals surface area contributed by atoms with Crippen molar-refractivity contribution in [3.8, 4) is 11.5 Å². The van der Waals surface area contributed by atoms with Crippen LogP contribution in [0.2, 0.25) is 0 Å². The average molecular weight is 234 g/mol. The van der Waals surface area contributed by atoms with Gasteiger partial charge in [-0.25, -0.2) is 4.98 Å². The van der Waals surface area contributed by atoms with Crippen molar-refractivity contribution in [1.82, 2.24) is 4.98 Å². The molecule has 0 bridgehead atoms. The Bertz CT molecular complexity index is 474. The maximum Gasteiger partial charge on any atom is 0.449 e. The van der Waals surface area contributed by atoms with Crippen molar-refractivity contribution in [2.24, 2.45) is 0 Å². The van der Waals surface area contributed by atoms with Crippen LogP contribution in [-0.2, 0) is 6.18 Å². The molecule has 0 fully saturated rings. The van der Waals surface area contributed by atoms with Crippen LogP contribution in [0, 0.1) is 0 Å². The van der Waals surface area contributed by atoms with Gasteiger partial charge in [-0.1, -0.05) is 0 Å². The molecule has 0 atom stereocenters. The zero-order valence-corrected chi connectivity index (χ0v) is 8.02. The van der Waals surface area contributed by atoms with Crippen LogP contribution in [0.3, 0.4) is 0 Å². The van der Waals surface area contributed by atoms with Crippen molar-refractivity contribution < 1.29 is 17.6 Å². The highest BCUT2D eigenvalue weighted by atomic mass is 32.1. The minimum Gasteiger partial charge on any atom is -0.450 e. The molecule has 2 heterocycles. The second-order valence-corrected chi connectivity index (χ2v) is 3.62. The summed E-state index contributed by atoms with van der Waals surface area (Å²) in [6, 6.07) is 2.09. The topological polar surface area (TPSA) is 52.0 Å². The molecular formula is C8H5F3N2OS. The van der Waals surface area contributed by atoms with Gasteiger partial charge in [-0.15, -0.1) is 11.3 Å². The second-order valence-electron chi connectivity index (χ2n) is 2.73. The maximum absolute atomic E-state index is 12.2. The number of nitrogen functional groups attached to an aromatic ring is 1. The third-order valence-electron chi connectivity index (χ3n) is 1.66. The SMILES string of the molecule is Nc1nc(-c2ccc(C(F)(F)F)o2)cs1. The number of rotatable bonds is 1. The average Bonchev–Trinajstić information content (AvgIpc) is 2.69. The van der Waals surface area contributed by atoms with Gasteiger partial charge in [-0.05, 0) is 12.1 Å². The van der Waals surface area contributed by atoms with E-state index in [0.29, 0.717) is 5.69 Å². The molecular weight excluding hydrogens is 229 g/mol. The van der Waals surface area contributed by atoms with Gasteiger partial charge in [0.2, 0.25) is 5.76 Å². The summed E-state index contributed by atoms with van der Waals surface area (Å²) in [6.07, 6.45) is -4.47. The van der Waals surface area contributed by atoms with Crippen molar-refractivity contribution in [2.75, 3.05) is 5.73 Å². The van der Waals surface area contributed by atoms with E-state index >= 15 is 0 Å². The molecule has 0 aliphatic heterocycles. The Morgan fingerprint density at radius 3 is 2.53 bits per heavy atom. The van der Waals surface area contributed by atoms with Crippen molar-refractivity contribution in [1.29, 1.82) is 0 Å². The fourth-order valence-corrected chi connectivity index (χ4v) is 1.58. The highest BCUT2D eigenvalue weighted by molar-refractivity contribution is 7.13. The van der Waals surface area contributed by atoms with E-state index in [1.54, 1.807) is 0 Å². The molecule has 0 saturated heterocycles. The van der Waals surface area contributed by atoms with Crippen molar-refractivity contribution in [3.05, 3.63) is 23.3 Å². The number of halogens is 3. The Kier molecular flexibility index (Phi) is 2.18. The van der Waals surface area contributed by atoms with Gasteiger partial charge < -0.3 is 10.2 Å². The third kappa shape index (κ3) is 1.96. The van der Waals surface area contributed by atoms with Gasteiger partial charge in [0.05, 0.1) is 0 Å². The number of aromatic nitrogens is 1. The molecule has 0 radical (unpaired) electrons. The monoisotopic (exact) mass is 234 g/mol. The molecule has 2 aromatic rings. The number of hydrogen-bond acceptors (Lipinski definition) is 4. The first-order valence-corrected chi connectivity index (χ1v) is 4.73. The zero-order chi connectivity index (χ0) is 11.1. The van der Waals surface area contributed by atoms with Crippen LogP contribution in [0.15, 0.2) is 21.9 Å². The molecule has 0 saturated carbocycles. The maximum atomic E-state index is 12.2. The molecule has 0 aliphatic rings. The smallest absolute Gasteiger partial charge is 0.449 e. The number of hydrogen-bond donors (Lipinski definition) is 1. The first-order valence-electron chi connectivity index (χ1n) is 3.85. The standard InChI is InChI=1S/C8H5F3N2OS/c9-8(10,11)6-2-1-5(14-6)4-3-15-7(12)13-4/h1-3H,(H2,12,13). The van der Waals surface area contributed by atoms with E-state index in [1.807, 2.05) is 0 Å². The van der Waals surface area contributed by atoms with Crippen LogP contribution in [0.25, 0.3) is 11.5 Å². The van der Waals surface area contributed by atoms with Crippen LogP contribution in [-0.4, -0.2) is 4.98 Å². The Morgan fingerprint density at radius 1 is 1.33 bits per heavy atom. The predicted octanol–water partition coefficient (Wildman–Crippen LogP) is 3.00. The number of thiazole rings is 1. The van der Waals surface area contributed by atoms with Gasteiger partial charge >= 0.3 is 6.18 Å². The Morgan fingerprint density at radius 2 is 2.07 bits per heavy atom. The highest BCUT2D eigenvalue weighted by Crippen LogP contribution is 2.34. The Balaban J connectivity index is 2.36. The largest absolute Gasteiger partial charge is 0.450 e. The predicted molar refractivity (Wildman–Crippen MR) is 49.2 cm³/mol. The molecule has 80 valence electrons. The summed E-state index contributed by atoms with van der Waals surface area (Å²) in [4.78, 5) is 3.81. The highest BCUT2D eigenvalue weighted by Gasteiger charge is 2.35. The molecule has 3 nitrogen and oxygen atoms in total. The van der Waals surface area contributed by atoms with Gasteiger partial charge in [0.25, 0.3) is 0 Å². The molecule has 0 aromatic carbocycles. The second kappa shape index (κ2) is 3.27. The van der Waals surface area contributed by atoms with Gasteiger partial charge in [-0.3, -0.25) is 0 Å². The Hall–Kier alpha value is -1.50. The van der Waals surface area contributed by atoms with Crippen molar-refractivity contribution in [2.45, 2.75) is 6.18 Å². The fraction of sp³-hybridized carbons (Fsp3) is 0.125. The van der Waals surface area contributed by atoms with Crippen LogP contribution >= 0.6 is 11.3 Å². The summed E-state index contributed by atoms with van der Waals surface area (Å²) >= 11 is 1.14. The minimum atomic E-state index is -4.47. The van der Waals surface area contributed by atoms with Crippen molar-refractivity contribution in [3.63, 3.8) is 0 Å². The summed E-state index contributed by atoms with van der Waals surface area (Å²) in [5.41, 5.74) is 5.67. The molecule has 2 N–H and O–H groups in total. The van der Waals surface area contributed by atoms with Crippen molar-refractivity contribution >= 4 is 16.5 Å². The van der Waals surface area contributed by atoms with E-state index in [-0.39, 0.29) is 10.9 Å². The van der Waals surface area contributed by atoms with E-state index < -0.39 is 11.9 Å². The lowest BCUT2D eigenvalue weighted by molar-refractivity contribution is -0.152. The van der Waals surface area contributed by atoms with Gasteiger partial charge in [0.1, 0.15) is 5.69 Å². The van der Waals surface area contributed by atoms with E-state index in [0.717, 1.165) is 17.4 Å². The molecule has 0 unspecified atom stereocenters. The van der Waals surface area contributed by atoms with E-state index in [4.69, 9.17) is 5.73 Å². The fourth-order valence-electron chi connectivity index (χ4n) is 1.03. The number of nitrogens with zero attached hydrogens (tertiary/aromatic N) is 1. The van der Waals surface area contributed by atoms with Crippen LogP contribution in [0.4, 0.5) is 18.3 Å². The molecule has 2 rings (SSSR count). The summed E-state index contributed by atoms with van der Waals surface area (Å²) in [5, 5.41) is 1.82. The number of nitrogens with two attached hydrogens (primary N) is 1. The minimum absolute atomic E-state index is 0.0651. The van der Waals surface area contributed by atoms with Crippen LogP contribution in [0.5, 0.6) is 0 Å². The van der Waals surface area contributed by atoms with Gasteiger partial charge in [0.15, 0.2) is 10.9 Å². The first-order chi connectivity index (χ1) is 6.97. The lowest BCUT2D eigenvalue weighted by atomic mass is 10.3. The summed E-state index contributed by atoms with van der Waals surface area (Å²) < 4.78 is 41.2. The molecule has 0 amide bonds. The van der Waals surface area contributed by atoms with Crippen LogP contribution in [0.1, 0.15) is 5.76 Å². The van der Waals surface area contributed by atoms with E-state index in [1.165, 1.54) is 11.4 Å². The van der Waals surface area contributed by atoms with Crippen LogP contribution < -0.4 is 5.73 Å². The van der Waals surface area contributed by atoms with E-state index in [9.17, 15) is 13.2 Å². The number of alkyl halides is 3. The van der Waals surface area contributed by atoms with Gasteiger partial charge in [-0.2, -0.15) is 13.2 Å². The summed E-state index contributed by atoms with van der Waals surface area (Å²) in [5.74, 6) is -0.973. The normalized spacial score (nSPS) is 11.9. The lowest BCUT2D eigenvalue weighted by Crippen LogP contribution is -2.01. The van der Waals surface area contributed by atoms with E-state index in [2.05, 4.69) is 9.40 Å². The number of anilines is 1. The molecule has 0 spiro atoms. The molecule has 0 aliphatic carbocycles. The molecule has 15 heavy (non-hydrogen) atoms. The zero-order valence-electron chi connectivity index (χ0n) is 7.21. The summed E-state index contributed by atoms with van der Waals surface area (Å²) in [6.45, 7) is 0. The molecule has 7 heteroatoms. The number of furan rings is 1. The quantitative estimate of drug-likeness (QED) is 0.825. The first kappa shape index (κ1) is 10.0. The Labute approximate surface area is 86.3 Å². The lowest BCUT2D eigenvalue weighted by Gasteiger charge is -1.99. The summed E-state index contributed by atoms with van der Waals surface area (Å²) in [7, 11) is 0.